The van der Waals surface area contributed by atoms with Gasteiger partial charge in [-0.25, -0.2) is 0 Å². The second kappa shape index (κ2) is 9.18. The predicted molar refractivity (Wildman–Crippen MR) is 88.5 cm³/mol. The van der Waals surface area contributed by atoms with Crippen LogP contribution < -0.4 is 0 Å². The highest BCUT2D eigenvalue weighted by Crippen LogP contribution is 2.09. The van der Waals surface area contributed by atoms with Gasteiger partial charge in [0, 0.05) is 34.7 Å². The highest BCUT2D eigenvalue weighted by Gasteiger charge is 2.09. The first-order valence-corrected chi connectivity index (χ1v) is 8.78. The lowest BCUT2D eigenvalue weighted by molar-refractivity contribution is -0.0653. The van der Waals surface area contributed by atoms with E-state index in [1.54, 1.807) is 0 Å². The van der Waals surface area contributed by atoms with E-state index in [1.807, 2.05) is 11.8 Å². The summed E-state index contributed by atoms with van der Waals surface area (Å²) in [7, 11) is 0. The molecule has 0 N–H and O–H groups in total. The highest BCUT2D eigenvalue weighted by molar-refractivity contribution is 14.1. The molecule has 0 spiro atoms. The quantitative estimate of drug-likeness (QED) is 0.404. The first-order chi connectivity index (χ1) is 9.34. The molecule has 106 valence electrons. The molecule has 1 aliphatic rings. The van der Waals surface area contributed by atoms with Crippen molar-refractivity contribution in [3.05, 3.63) is 33.4 Å². The van der Waals surface area contributed by atoms with Crippen molar-refractivity contribution in [1.82, 2.24) is 4.90 Å². The maximum Gasteiger partial charge on any atom is 0.147 e. The zero-order valence-corrected chi connectivity index (χ0v) is 14.0. The minimum atomic E-state index is 0.383. The third-order valence-electron chi connectivity index (χ3n) is 2.98. The second-order valence-electron chi connectivity index (χ2n) is 4.46. The molecule has 0 amide bonds. The third-order valence-corrected chi connectivity index (χ3v) is 4.59. The molecule has 0 aliphatic carbocycles. The fourth-order valence-corrected chi connectivity index (χ4v) is 3.51. The predicted octanol–water partition coefficient (Wildman–Crippen LogP) is 2.83. The van der Waals surface area contributed by atoms with Crippen molar-refractivity contribution >= 4 is 34.4 Å². The fourth-order valence-electron chi connectivity index (χ4n) is 1.92. The molecule has 0 atom stereocenters. The Morgan fingerprint density at radius 1 is 1.21 bits per heavy atom. The van der Waals surface area contributed by atoms with Crippen molar-refractivity contribution in [2.24, 2.45) is 0 Å². The zero-order chi connectivity index (χ0) is 13.3. The van der Waals surface area contributed by atoms with Crippen molar-refractivity contribution in [3.63, 3.8) is 0 Å². The van der Waals surface area contributed by atoms with E-state index < -0.39 is 0 Å². The van der Waals surface area contributed by atoms with E-state index in [0.29, 0.717) is 13.4 Å². The van der Waals surface area contributed by atoms with Crippen molar-refractivity contribution < 1.29 is 9.47 Å². The van der Waals surface area contributed by atoms with Crippen molar-refractivity contribution in [2.75, 3.05) is 44.5 Å². The van der Waals surface area contributed by atoms with E-state index in [9.17, 15) is 0 Å². The Morgan fingerprint density at radius 3 is 2.84 bits per heavy atom. The average molecular weight is 393 g/mol. The molecule has 0 saturated carbocycles. The summed E-state index contributed by atoms with van der Waals surface area (Å²) in [6.45, 7) is 5.17. The van der Waals surface area contributed by atoms with Crippen molar-refractivity contribution in [3.8, 4) is 0 Å². The maximum absolute atomic E-state index is 5.52. The van der Waals surface area contributed by atoms with E-state index in [2.05, 4.69) is 51.8 Å². The molecule has 1 aliphatic heterocycles. The standard InChI is InChI=1S/C14H20INO2S/c15-14-3-1-2-13(10-14)11-18-12-17-7-4-16-5-8-19-9-6-16/h1-3,10H,4-9,11-12H2. The SMILES string of the molecule is Ic1cccc(COCOCCN2CCSCC2)c1. The molecule has 2 rings (SSSR count). The van der Waals surface area contributed by atoms with Gasteiger partial charge in [0.05, 0.1) is 13.2 Å². The van der Waals surface area contributed by atoms with E-state index in [4.69, 9.17) is 9.47 Å². The second-order valence-corrected chi connectivity index (χ2v) is 6.93. The zero-order valence-electron chi connectivity index (χ0n) is 11.0. The van der Waals surface area contributed by atoms with Gasteiger partial charge in [-0.2, -0.15) is 11.8 Å². The van der Waals surface area contributed by atoms with Crippen LogP contribution >= 0.6 is 34.4 Å². The minimum absolute atomic E-state index is 0.383. The van der Waals surface area contributed by atoms with Crippen LogP contribution in [-0.4, -0.2) is 49.4 Å². The van der Waals surface area contributed by atoms with Crippen molar-refractivity contribution in [2.45, 2.75) is 6.61 Å². The van der Waals surface area contributed by atoms with Gasteiger partial charge >= 0.3 is 0 Å². The number of hydrogen-bond donors (Lipinski definition) is 0. The molecule has 1 saturated heterocycles. The molecule has 0 radical (unpaired) electrons. The van der Waals surface area contributed by atoms with E-state index in [0.717, 1.165) is 13.2 Å². The Balaban J connectivity index is 1.50. The molecular weight excluding hydrogens is 373 g/mol. The van der Waals surface area contributed by atoms with Crippen LogP contribution in [0.25, 0.3) is 0 Å². The Labute approximate surface area is 133 Å². The summed E-state index contributed by atoms with van der Waals surface area (Å²) in [5.41, 5.74) is 1.20. The van der Waals surface area contributed by atoms with Gasteiger partial charge in [0.25, 0.3) is 0 Å². The number of thioether (sulfide) groups is 1. The summed E-state index contributed by atoms with van der Waals surface area (Å²) in [4.78, 5) is 2.45. The number of nitrogens with zero attached hydrogens (tertiary/aromatic N) is 1. The highest BCUT2D eigenvalue weighted by atomic mass is 127. The van der Waals surface area contributed by atoms with Crippen LogP contribution in [0.1, 0.15) is 5.56 Å². The largest absolute Gasteiger partial charge is 0.354 e. The molecule has 0 bridgehead atoms. The number of rotatable bonds is 7. The lowest BCUT2D eigenvalue weighted by Gasteiger charge is -2.25. The topological polar surface area (TPSA) is 21.7 Å². The Hall–Kier alpha value is 0.180. The van der Waals surface area contributed by atoms with Crippen LogP contribution in [0.15, 0.2) is 24.3 Å². The van der Waals surface area contributed by atoms with Gasteiger partial charge in [-0.15, -0.1) is 0 Å². The summed E-state index contributed by atoms with van der Waals surface area (Å²) >= 11 is 4.35. The molecule has 0 unspecified atom stereocenters. The molecule has 1 fully saturated rings. The van der Waals surface area contributed by atoms with Gasteiger partial charge in [-0.05, 0) is 40.3 Å². The maximum atomic E-state index is 5.52. The van der Waals surface area contributed by atoms with Crippen LogP contribution in [0.2, 0.25) is 0 Å². The lowest BCUT2D eigenvalue weighted by Crippen LogP contribution is -2.35. The first-order valence-electron chi connectivity index (χ1n) is 6.54. The van der Waals surface area contributed by atoms with Gasteiger partial charge in [0.1, 0.15) is 6.79 Å². The van der Waals surface area contributed by atoms with Crippen LogP contribution in [0.5, 0.6) is 0 Å². The molecular formula is C14H20INO2S. The Bertz CT molecular complexity index is 372. The summed E-state index contributed by atoms with van der Waals surface area (Å²) in [5, 5.41) is 0. The third kappa shape index (κ3) is 6.44. The normalized spacial score (nSPS) is 16.7. The minimum Gasteiger partial charge on any atom is -0.354 e. The number of halogens is 1. The molecule has 1 aromatic carbocycles. The van der Waals surface area contributed by atoms with Gasteiger partial charge in [-0.3, -0.25) is 4.90 Å². The molecule has 0 aromatic heterocycles. The smallest absolute Gasteiger partial charge is 0.147 e. The van der Waals surface area contributed by atoms with E-state index >= 15 is 0 Å². The van der Waals surface area contributed by atoms with Gasteiger partial charge < -0.3 is 9.47 Å². The Morgan fingerprint density at radius 2 is 2.05 bits per heavy atom. The molecule has 1 aromatic rings. The average Bonchev–Trinajstić information content (AvgIpc) is 2.44. The molecule has 5 heteroatoms. The molecule has 1 heterocycles. The van der Waals surface area contributed by atoms with Crippen molar-refractivity contribution in [1.29, 1.82) is 0 Å². The summed E-state index contributed by atoms with van der Waals surface area (Å²) in [6.07, 6.45) is 0. The number of ether oxygens (including phenoxy) is 2. The van der Waals surface area contributed by atoms with Crippen LogP contribution in [-0.2, 0) is 16.1 Å². The van der Waals surface area contributed by atoms with E-state index in [1.165, 1.54) is 33.7 Å². The van der Waals surface area contributed by atoms with Gasteiger partial charge in [0.2, 0.25) is 0 Å². The number of benzene rings is 1. The number of hydrogen-bond acceptors (Lipinski definition) is 4. The summed E-state index contributed by atoms with van der Waals surface area (Å²) < 4.78 is 12.3. The van der Waals surface area contributed by atoms with Crippen LogP contribution in [0, 0.1) is 3.57 Å². The van der Waals surface area contributed by atoms with Gasteiger partial charge in [0.15, 0.2) is 0 Å². The molecule has 19 heavy (non-hydrogen) atoms. The summed E-state index contributed by atoms with van der Waals surface area (Å²) in [5.74, 6) is 2.51. The van der Waals surface area contributed by atoms with Crippen LogP contribution in [0.4, 0.5) is 0 Å². The first kappa shape index (κ1) is 15.6. The summed E-state index contributed by atoms with van der Waals surface area (Å²) in [6, 6.07) is 8.34. The Kier molecular flexibility index (Phi) is 7.52. The van der Waals surface area contributed by atoms with Gasteiger partial charge in [-0.1, -0.05) is 12.1 Å². The van der Waals surface area contributed by atoms with E-state index in [-0.39, 0.29) is 0 Å². The fraction of sp³-hybridized carbons (Fsp3) is 0.571. The lowest BCUT2D eigenvalue weighted by atomic mass is 10.2. The molecule has 3 nitrogen and oxygen atoms in total. The van der Waals surface area contributed by atoms with Crippen LogP contribution in [0.3, 0.4) is 0 Å². The monoisotopic (exact) mass is 393 g/mol.